The smallest absolute Gasteiger partial charge is 0.251 e. The predicted octanol–water partition coefficient (Wildman–Crippen LogP) is 1.41. The zero-order valence-corrected chi connectivity index (χ0v) is 15.6. The zero-order valence-electron chi connectivity index (χ0n) is 15.6. The SMILES string of the molecule is CN1CCN(c2ccc(-c3cccc(C(=O)N[C@@H]4CCOC4)c3)nn2)CC1. The summed E-state index contributed by atoms with van der Waals surface area (Å²) in [5.74, 6) is 0.830. The van der Waals surface area contributed by atoms with E-state index in [0.29, 0.717) is 18.8 Å². The monoisotopic (exact) mass is 367 g/mol. The Morgan fingerprint density at radius 2 is 2.00 bits per heavy atom. The maximum absolute atomic E-state index is 12.5. The predicted molar refractivity (Wildman–Crippen MR) is 104 cm³/mol. The Kier molecular flexibility index (Phi) is 5.31. The average Bonchev–Trinajstić information content (AvgIpc) is 3.22. The van der Waals surface area contributed by atoms with Gasteiger partial charge in [0, 0.05) is 43.9 Å². The van der Waals surface area contributed by atoms with Gasteiger partial charge in [0.25, 0.3) is 5.91 Å². The number of aromatic nitrogens is 2. The van der Waals surface area contributed by atoms with Gasteiger partial charge in [0.15, 0.2) is 5.82 Å². The number of hydrogen-bond acceptors (Lipinski definition) is 6. The van der Waals surface area contributed by atoms with Gasteiger partial charge in [0.05, 0.1) is 18.3 Å². The van der Waals surface area contributed by atoms with Crippen LogP contribution >= 0.6 is 0 Å². The first-order valence-corrected chi connectivity index (χ1v) is 9.45. The third-order valence-electron chi connectivity index (χ3n) is 5.16. The van der Waals surface area contributed by atoms with E-state index in [1.807, 2.05) is 36.4 Å². The Hall–Kier alpha value is -2.51. The second-order valence-corrected chi connectivity index (χ2v) is 7.18. The molecule has 1 N–H and O–H groups in total. The zero-order chi connectivity index (χ0) is 18.6. The van der Waals surface area contributed by atoms with Gasteiger partial charge in [0.2, 0.25) is 0 Å². The topological polar surface area (TPSA) is 70.6 Å². The molecule has 1 aromatic heterocycles. The van der Waals surface area contributed by atoms with Crippen LogP contribution in [0.25, 0.3) is 11.3 Å². The van der Waals surface area contributed by atoms with Crippen molar-refractivity contribution in [2.24, 2.45) is 0 Å². The highest BCUT2D eigenvalue weighted by atomic mass is 16.5. The van der Waals surface area contributed by atoms with E-state index in [9.17, 15) is 4.79 Å². The third kappa shape index (κ3) is 4.26. The highest BCUT2D eigenvalue weighted by Crippen LogP contribution is 2.20. The molecule has 0 aliphatic carbocycles. The molecule has 0 unspecified atom stereocenters. The number of anilines is 1. The van der Waals surface area contributed by atoms with E-state index in [0.717, 1.165) is 49.7 Å². The number of ether oxygens (including phenoxy) is 1. The fraction of sp³-hybridized carbons (Fsp3) is 0.450. The number of amides is 1. The standard InChI is InChI=1S/C20H25N5O2/c1-24-8-10-25(11-9-24)19-6-5-18(22-23-19)15-3-2-4-16(13-15)20(26)21-17-7-12-27-14-17/h2-6,13,17H,7-12,14H2,1H3,(H,21,26)/t17-/m1/s1. The van der Waals surface area contributed by atoms with Gasteiger partial charge in [-0.3, -0.25) is 4.79 Å². The van der Waals surface area contributed by atoms with Crippen molar-refractivity contribution in [3.8, 4) is 11.3 Å². The molecule has 3 heterocycles. The molecular weight excluding hydrogens is 342 g/mol. The molecule has 2 saturated heterocycles. The van der Waals surface area contributed by atoms with Crippen LogP contribution < -0.4 is 10.2 Å². The van der Waals surface area contributed by atoms with Crippen LogP contribution in [0.3, 0.4) is 0 Å². The van der Waals surface area contributed by atoms with Gasteiger partial charge < -0.3 is 19.9 Å². The van der Waals surface area contributed by atoms with Crippen molar-refractivity contribution in [2.75, 3.05) is 51.3 Å². The molecule has 7 heteroatoms. The van der Waals surface area contributed by atoms with Crippen LogP contribution in [0.2, 0.25) is 0 Å². The van der Waals surface area contributed by atoms with Gasteiger partial charge in [-0.2, -0.15) is 0 Å². The number of nitrogens with zero attached hydrogens (tertiary/aromatic N) is 4. The van der Waals surface area contributed by atoms with Crippen molar-refractivity contribution < 1.29 is 9.53 Å². The number of piperazine rings is 1. The molecule has 0 bridgehead atoms. The van der Waals surface area contributed by atoms with Crippen molar-refractivity contribution in [3.05, 3.63) is 42.0 Å². The van der Waals surface area contributed by atoms with Crippen LogP contribution in [0, 0.1) is 0 Å². The molecule has 2 aliphatic heterocycles. The highest BCUT2D eigenvalue weighted by Gasteiger charge is 2.19. The quantitative estimate of drug-likeness (QED) is 0.881. The van der Waals surface area contributed by atoms with Gasteiger partial charge in [-0.25, -0.2) is 0 Å². The fourth-order valence-electron chi connectivity index (χ4n) is 3.42. The first-order chi connectivity index (χ1) is 13.2. The molecule has 4 rings (SSSR count). The molecule has 0 radical (unpaired) electrons. The van der Waals surface area contributed by atoms with E-state index in [-0.39, 0.29) is 11.9 Å². The number of nitrogens with one attached hydrogen (secondary N) is 1. The first kappa shape index (κ1) is 17.9. The molecule has 7 nitrogen and oxygen atoms in total. The molecular formula is C20H25N5O2. The molecule has 2 aliphatic rings. The van der Waals surface area contributed by atoms with Crippen LogP contribution in [0.5, 0.6) is 0 Å². The number of carbonyl (C=O) groups excluding carboxylic acids is 1. The maximum Gasteiger partial charge on any atom is 0.251 e. The van der Waals surface area contributed by atoms with Crippen LogP contribution in [-0.4, -0.2) is 73.5 Å². The molecule has 2 fully saturated rings. The van der Waals surface area contributed by atoms with Gasteiger partial charge in [-0.1, -0.05) is 12.1 Å². The maximum atomic E-state index is 12.5. The van der Waals surface area contributed by atoms with E-state index < -0.39 is 0 Å². The number of likely N-dealkylation sites (N-methyl/N-ethyl adjacent to an activating group) is 1. The Bertz CT molecular complexity index is 781. The van der Waals surface area contributed by atoms with Gasteiger partial charge in [-0.05, 0) is 37.7 Å². The van der Waals surface area contributed by atoms with E-state index in [1.165, 1.54) is 0 Å². The summed E-state index contributed by atoms with van der Waals surface area (Å²) in [5.41, 5.74) is 2.29. The normalized spacial score (nSPS) is 20.6. The number of rotatable bonds is 4. The molecule has 0 spiro atoms. The molecule has 2 aromatic rings. The number of carbonyl (C=O) groups is 1. The van der Waals surface area contributed by atoms with E-state index in [2.05, 4.69) is 32.4 Å². The van der Waals surface area contributed by atoms with Crippen LogP contribution in [0.4, 0.5) is 5.82 Å². The highest BCUT2D eigenvalue weighted by molar-refractivity contribution is 5.95. The van der Waals surface area contributed by atoms with E-state index in [1.54, 1.807) is 0 Å². The van der Waals surface area contributed by atoms with E-state index >= 15 is 0 Å². The summed E-state index contributed by atoms with van der Waals surface area (Å²) in [6.07, 6.45) is 0.866. The van der Waals surface area contributed by atoms with Gasteiger partial charge >= 0.3 is 0 Å². The Balaban J connectivity index is 1.46. The van der Waals surface area contributed by atoms with Crippen molar-refractivity contribution in [3.63, 3.8) is 0 Å². The second-order valence-electron chi connectivity index (χ2n) is 7.18. The molecule has 1 amide bonds. The lowest BCUT2D eigenvalue weighted by atomic mass is 10.1. The van der Waals surface area contributed by atoms with Crippen LogP contribution in [0.15, 0.2) is 36.4 Å². The third-order valence-corrected chi connectivity index (χ3v) is 5.16. The van der Waals surface area contributed by atoms with Gasteiger partial charge in [0.1, 0.15) is 0 Å². The Morgan fingerprint density at radius 3 is 2.70 bits per heavy atom. The van der Waals surface area contributed by atoms with Crippen molar-refractivity contribution in [1.82, 2.24) is 20.4 Å². The molecule has 27 heavy (non-hydrogen) atoms. The summed E-state index contributed by atoms with van der Waals surface area (Å²) >= 11 is 0. The fourth-order valence-corrected chi connectivity index (χ4v) is 3.42. The second kappa shape index (κ2) is 8.02. The van der Waals surface area contributed by atoms with Crippen molar-refractivity contribution in [1.29, 1.82) is 0 Å². The average molecular weight is 367 g/mol. The lowest BCUT2D eigenvalue weighted by molar-refractivity contribution is 0.0930. The van der Waals surface area contributed by atoms with Crippen LogP contribution in [0.1, 0.15) is 16.8 Å². The lowest BCUT2D eigenvalue weighted by Gasteiger charge is -2.32. The summed E-state index contributed by atoms with van der Waals surface area (Å²) in [7, 11) is 2.13. The Labute approximate surface area is 159 Å². The largest absolute Gasteiger partial charge is 0.379 e. The summed E-state index contributed by atoms with van der Waals surface area (Å²) in [6.45, 7) is 5.29. The minimum Gasteiger partial charge on any atom is -0.379 e. The number of benzene rings is 1. The number of hydrogen-bond donors (Lipinski definition) is 1. The minimum absolute atomic E-state index is 0.0747. The van der Waals surface area contributed by atoms with Crippen LogP contribution in [-0.2, 0) is 4.74 Å². The lowest BCUT2D eigenvalue weighted by Crippen LogP contribution is -2.44. The summed E-state index contributed by atoms with van der Waals surface area (Å²) < 4.78 is 5.31. The first-order valence-electron chi connectivity index (χ1n) is 9.45. The minimum atomic E-state index is -0.0747. The van der Waals surface area contributed by atoms with Crippen molar-refractivity contribution in [2.45, 2.75) is 12.5 Å². The molecule has 142 valence electrons. The van der Waals surface area contributed by atoms with E-state index in [4.69, 9.17) is 4.74 Å². The van der Waals surface area contributed by atoms with Gasteiger partial charge in [-0.15, -0.1) is 10.2 Å². The Morgan fingerprint density at radius 1 is 1.15 bits per heavy atom. The van der Waals surface area contributed by atoms with Crippen molar-refractivity contribution >= 4 is 11.7 Å². The summed E-state index contributed by atoms with van der Waals surface area (Å²) in [4.78, 5) is 17.0. The molecule has 1 atom stereocenters. The molecule has 1 aromatic carbocycles. The summed E-state index contributed by atoms with van der Waals surface area (Å²) in [6, 6.07) is 11.6. The molecule has 0 saturated carbocycles. The summed E-state index contributed by atoms with van der Waals surface area (Å²) in [5, 5.41) is 11.8.